The van der Waals surface area contributed by atoms with Crippen LogP contribution >= 0.6 is 0 Å². The standard InChI is InChI=1S/C18H13N3O2/c22-11-14-4-5-16(23-14)18-17-13(2-1-3-15(17)20-21-18)10-12-6-8-19-9-7-12/h1-9,11H,10H2,(H,20,21). The van der Waals surface area contributed by atoms with Crippen molar-refractivity contribution in [2.24, 2.45) is 0 Å². The van der Waals surface area contributed by atoms with Crippen LogP contribution in [0.15, 0.2) is 59.3 Å². The molecule has 4 rings (SSSR count). The zero-order valence-corrected chi connectivity index (χ0v) is 12.2. The van der Waals surface area contributed by atoms with E-state index in [4.69, 9.17) is 4.42 Å². The molecule has 0 fully saturated rings. The van der Waals surface area contributed by atoms with Crippen LogP contribution in [0.2, 0.25) is 0 Å². The molecule has 0 atom stereocenters. The molecule has 0 radical (unpaired) electrons. The van der Waals surface area contributed by atoms with Crippen molar-refractivity contribution in [2.45, 2.75) is 6.42 Å². The number of aromatic amines is 1. The number of rotatable bonds is 4. The summed E-state index contributed by atoms with van der Waals surface area (Å²) in [6, 6.07) is 13.5. The highest BCUT2D eigenvalue weighted by atomic mass is 16.3. The van der Waals surface area contributed by atoms with Crippen molar-refractivity contribution in [3.05, 3.63) is 71.7 Å². The third-order valence-electron chi connectivity index (χ3n) is 3.80. The summed E-state index contributed by atoms with van der Waals surface area (Å²) in [5, 5.41) is 8.41. The number of hydrogen-bond acceptors (Lipinski definition) is 4. The van der Waals surface area contributed by atoms with Crippen molar-refractivity contribution in [1.29, 1.82) is 0 Å². The molecule has 0 spiro atoms. The van der Waals surface area contributed by atoms with Gasteiger partial charge >= 0.3 is 0 Å². The smallest absolute Gasteiger partial charge is 0.185 e. The molecule has 0 unspecified atom stereocenters. The number of hydrogen-bond donors (Lipinski definition) is 1. The fourth-order valence-electron chi connectivity index (χ4n) is 2.73. The number of fused-ring (bicyclic) bond motifs is 1. The van der Waals surface area contributed by atoms with E-state index in [0.717, 1.165) is 28.6 Å². The first kappa shape index (κ1) is 13.5. The summed E-state index contributed by atoms with van der Waals surface area (Å²) in [7, 11) is 0. The van der Waals surface area contributed by atoms with Crippen molar-refractivity contribution in [2.75, 3.05) is 0 Å². The van der Waals surface area contributed by atoms with E-state index in [2.05, 4.69) is 21.2 Å². The van der Waals surface area contributed by atoms with Crippen LogP contribution in [0, 0.1) is 0 Å². The largest absolute Gasteiger partial charge is 0.452 e. The van der Waals surface area contributed by atoms with Gasteiger partial charge in [0.25, 0.3) is 0 Å². The molecule has 1 aromatic carbocycles. The number of carbonyl (C=O) groups is 1. The molecule has 1 N–H and O–H groups in total. The van der Waals surface area contributed by atoms with E-state index < -0.39 is 0 Å². The van der Waals surface area contributed by atoms with Crippen LogP contribution in [-0.4, -0.2) is 21.5 Å². The molecule has 0 aliphatic carbocycles. The number of aldehydes is 1. The molecule has 3 heterocycles. The van der Waals surface area contributed by atoms with E-state index in [1.165, 1.54) is 5.56 Å². The monoisotopic (exact) mass is 303 g/mol. The second kappa shape index (κ2) is 5.53. The summed E-state index contributed by atoms with van der Waals surface area (Å²) >= 11 is 0. The first-order valence-electron chi connectivity index (χ1n) is 7.25. The lowest BCUT2D eigenvalue weighted by atomic mass is 10.0. The Labute approximate surface area is 132 Å². The number of aromatic nitrogens is 3. The topological polar surface area (TPSA) is 71.8 Å². The zero-order chi connectivity index (χ0) is 15.6. The Bertz CT molecular complexity index is 970. The molecule has 112 valence electrons. The molecule has 23 heavy (non-hydrogen) atoms. The molecule has 5 nitrogen and oxygen atoms in total. The third-order valence-corrected chi connectivity index (χ3v) is 3.80. The van der Waals surface area contributed by atoms with Crippen LogP contribution in [0.5, 0.6) is 0 Å². The fraction of sp³-hybridized carbons (Fsp3) is 0.0556. The Hall–Kier alpha value is -3.21. The van der Waals surface area contributed by atoms with E-state index in [-0.39, 0.29) is 0 Å². The molecule has 0 aliphatic rings. The highest BCUT2D eigenvalue weighted by molar-refractivity contribution is 5.94. The van der Waals surface area contributed by atoms with Gasteiger partial charge in [-0.25, -0.2) is 0 Å². The SMILES string of the molecule is O=Cc1ccc(-c2n[nH]c3cccc(Cc4ccncc4)c23)o1. The van der Waals surface area contributed by atoms with Crippen molar-refractivity contribution in [1.82, 2.24) is 15.2 Å². The number of H-pyrrole nitrogens is 1. The summed E-state index contributed by atoms with van der Waals surface area (Å²) in [4.78, 5) is 14.9. The molecule has 0 aliphatic heterocycles. The molecule has 0 amide bonds. The van der Waals surface area contributed by atoms with Gasteiger partial charge in [0.05, 0.1) is 5.52 Å². The maximum atomic E-state index is 10.8. The van der Waals surface area contributed by atoms with Gasteiger partial charge in [-0.05, 0) is 47.9 Å². The minimum absolute atomic E-state index is 0.294. The fourth-order valence-corrected chi connectivity index (χ4v) is 2.73. The van der Waals surface area contributed by atoms with E-state index in [0.29, 0.717) is 17.8 Å². The third kappa shape index (κ3) is 2.42. The van der Waals surface area contributed by atoms with Gasteiger partial charge in [-0.1, -0.05) is 12.1 Å². The minimum atomic E-state index is 0.294. The van der Waals surface area contributed by atoms with Gasteiger partial charge in [-0.15, -0.1) is 0 Å². The zero-order valence-electron chi connectivity index (χ0n) is 12.2. The summed E-state index contributed by atoms with van der Waals surface area (Å²) in [6.07, 6.45) is 5.03. The lowest BCUT2D eigenvalue weighted by Crippen LogP contribution is -1.90. The molecular formula is C18H13N3O2. The summed E-state index contributed by atoms with van der Waals surface area (Å²) in [6.45, 7) is 0. The van der Waals surface area contributed by atoms with Crippen molar-refractivity contribution in [3.63, 3.8) is 0 Å². The average Bonchev–Trinajstić information content (AvgIpc) is 3.22. The normalized spacial score (nSPS) is 11.0. The molecule has 4 aromatic rings. The maximum absolute atomic E-state index is 10.8. The predicted octanol–water partition coefficient (Wildman–Crippen LogP) is 3.62. The van der Waals surface area contributed by atoms with Gasteiger partial charge in [0.1, 0.15) is 5.69 Å². The van der Waals surface area contributed by atoms with Gasteiger partial charge in [0.2, 0.25) is 0 Å². The average molecular weight is 303 g/mol. The number of pyridine rings is 1. The lowest BCUT2D eigenvalue weighted by molar-refractivity contribution is 0.110. The van der Waals surface area contributed by atoms with E-state index >= 15 is 0 Å². The van der Waals surface area contributed by atoms with Gasteiger partial charge in [-0.3, -0.25) is 14.9 Å². The number of furan rings is 1. The maximum Gasteiger partial charge on any atom is 0.185 e. The van der Waals surface area contributed by atoms with Crippen LogP contribution in [0.1, 0.15) is 21.7 Å². The number of benzene rings is 1. The number of nitrogens with zero attached hydrogens (tertiary/aromatic N) is 2. The minimum Gasteiger partial charge on any atom is -0.452 e. The van der Waals surface area contributed by atoms with Gasteiger partial charge in [0, 0.05) is 17.8 Å². The predicted molar refractivity (Wildman–Crippen MR) is 86.2 cm³/mol. The number of nitrogens with one attached hydrogen (secondary N) is 1. The lowest BCUT2D eigenvalue weighted by Gasteiger charge is -2.04. The Kier molecular flexibility index (Phi) is 3.24. The number of carbonyl (C=O) groups excluding carboxylic acids is 1. The Morgan fingerprint density at radius 3 is 2.74 bits per heavy atom. The summed E-state index contributed by atoms with van der Waals surface area (Å²) < 4.78 is 5.53. The van der Waals surface area contributed by atoms with Crippen LogP contribution < -0.4 is 0 Å². The highest BCUT2D eigenvalue weighted by Crippen LogP contribution is 2.31. The highest BCUT2D eigenvalue weighted by Gasteiger charge is 2.15. The molecule has 0 bridgehead atoms. The Morgan fingerprint density at radius 1 is 1.09 bits per heavy atom. The molecule has 0 saturated heterocycles. The molecule has 3 aromatic heterocycles. The quantitative estimate of drug-likeness (QED) is 0.584. The second-order valence-corrected chi connectivity index (χ2v) is 5.26. The first-order chi connectivity index (χ1) is 11.3. The van der Waals surface area contributed by atoms with Crippen LogP contribution in [0.3, 0.4) is 0 Å². The van der Waals surface area contributed by atoms with Gasteiger partial charge in [-0.2, -0.15) is 5.10 Å². The van der Waals surface area contributed by atoms with Crippen LogP contribution in [0.4, 0.5) is 0 Å². The van der Waals surface area contributed by atoms with Crippen molar-refractivity contribution in [3.8, 4) is 11.5 Å². The van der Waals surface area contributed by atoms with Gasteiger partial charge in [0.15, 0.2) is 17.8 Å². The van der Waals surface area contributed by atoms with Crippen LogP contribution in [0.25, 0.3) is 22.4 Å². The molecular weight excluding hydrogens is 290 g/mol. The van der Waals surface area contributed by atoms with E-state index in [1.54, 1.807) is 24.5 Å². The second-order valence-electron chi connectivity index (χ2n) is 5.26. The summed E-state index contributed by atoms with van der Waals surface area (Å²) in [5.41, 5.74) is 3.97. The van der Waals surface area contributed by atoms with E-state index in [1.807, 2.05) is 24.3 Å². The Balaban J connectivity index is 1.85. The van der Waals surface area contributed by atoms with Crippen LogP contribution in [-0.2, 0) is 6.42 Å². The van der Waals surface area contributed by atoms with E-state index in [9.17, 15) is 4.79 Å². The molecule has 0 saturated carbocycles. The van der Waals surface area contributed by atoms with Crippen molar-refractivity contribution >= 4 is 17.2 Å². The summed E-state index contributed by atoms with van der Waals surface area (Å²) in [5.74, 6) is 0.878. The molecule has 5 heteroatoms. The Morgan fingerprint density at radius 2 is 1.96 bits per heavy atom. The van der Waals surface area contributed by atoms with Gasteiger partial charge < -0.3 is 4.42 Å². The first-order valence-corrected chi connectivity index (χ1v) is 7.25. The van der Waals surface area contributed by atoms with Crippen molar-refractivity contribution < 1.29 is 9.21 Å².